The Labute approximate surface area is 118 Å². The fraction of sp³-hybridized carbons (Fsp3) is 0.455. The van der Waals surface area contributed by atoms with Crippen molar-refractivity contribution in [1.82, 2.24) is 10.3 Å². The quantitative estimate of drug-likeness (QED) is 0.445. The topological polar surface area (TPSA) is 116 Å². The molecule has 8 nitrogen and oxygen atoms in total. The zero-order valence-electron chi connectivity index (χ0n) is 10.8. The number of ether oxygens (including phenoxy) is 1. The number of carbonyl (C=O) groups is 2. The van der Waals surface area contributed by atoms with Crippen LogP contribution in [0.4, 0.5) is 5.13 Å². The van der Waals surface area contributed by atoms with Crippen LogP contribution in [0.15, 0.2) is 10.5 Å². The van der Waals surface area contributed by atoms with Gasteiger partial charge in [0.05, 0.1) is 6.61 Å². The summed E-state index contributed by atoms with van der Waals surface area (Å²) in [6, 6.07) is 0. The second-order valence-electron chi connectivity index (χ2n) is 3.91. The summed E-state index contributed by atoms with van der Waals surface area (Å²) in [4.78, 5) is 32.3. The summed E-state index contributed by atoms with van der Waals surface area (Å²) in [6.45, 7) is 2.40. The molecule has 1 aromatic heterocycles. The second kappa shape index (κ2) is 6.33. The predicted molar refractivity (Wildman–Crippen MR) is 72.2 cm³/mol. The van der Waals surface area contributed by atoms with Crippen molar-refractivity contribution in [3.05, 3.63) is 11.1 Å². The summed E-state index contributed by atoms with van der Waals surface area (Å²) in [5.41, 5.74) is 5.70. The van der Waals surface area contributed by atoms with Crippen LogP contribution in [0.1, 0.15) is 19.0 Å². The predicted octanol–water partition coefficient (Wildman–Crippen LogP) is -0.102. The molecule has 108 valence electrons. The van der Waals surface area contributed by atoms with E-state index in [-0.39, 0.29) is 23.9 Å². The molecule has 1 amide bonds. The second-order valence-corrected chi connectivity index (χ2v) is 4.79. The van der Waals surface area contributed by atoms with Gasteiger partial charge in [0.2, 0.25) is 11.8 Å². The normalized spacial score (nSPS) is 18.8. The molecule has 9 heteroatoms. The minimum absolute atomic E-state index is 0.0977. The van der Waals surface area contributed by atoms with Gasteiger partial charge in [-0.1, -0.05) is 5.16 Å². The molecule has 1 aliphatic heterocycles. The molecule has 0 aliphatic carbocycles. The Balaban J connectivity index is 2.17. The van der Waals surface area contributed by atoms with Crippen LogP contribution in [-0.4, -0.2) is 41.8 Å². The number of esters is 1. The Hall–Kier alpha value is -2.16. The fourth-order valence-electron chi connectivity index (χ4n) is 1.57. The highest BCUT2D eigenvalue weighted by molar-refractivity contribution is 7.13. The largest absolute Gasteiger partial charge is 0.461 e. The SMILES string of the molecule is CCOC(=O)C(=NOC1CCNC1=O)c1csc(N)n1. The lowest BCUT2D eigenvalue weighted by molar-refractivity contribution is -0.136. The van der Waals surface area contributed by atoms with Gasteiger partial charge in [0.15, 0.2) is 5.13 Å². The first kappa shape index (κ1) is 14.3. The van der Waals surface area contributed by atoms with E-state index in [0.29, 0.717) is 18.1 Å². The summed E-state index contributed by atoms with van der Waals surface area (Å²) >= 11 is 1.17. The number of hydrogen-bond acceptors (Lipinski definition) is 8. The molecule has 0 saturated carbocycles. The first-order valence-corrected chi connectivity index (χ1v) is 6.89. The number of rotatable bonds is 5. The van der Waals surface area contributed by atoms with Crippen molar-refractivity contribution in [3.63, 3.8) is 0 Å². The van der Waals surface area contributed by atoms with Crippen molar-refractivity contribution >= 4 is 34.1 Å². The first-order valence-electron chi connectivity index (χ1n) is 6.01. The van der Waals surface area contributed by atoms with Crippen LogP contribution < -0.4 is 11.1 Å². The molecule has 1 atom stereocenters. The Kier molecular flexibility index (Phi) is 4.51. The van der Waals surface area contributed by atoms with Crippen LogP contribution in [0.3, 0.4) is 0 Å². The van der Waals surface area contributed by atoms with Gasteiger partial charge >= 0.3 is 5.97 Å². The maximum Gasteiger partial charge on any atom is 0.362 e. The van der Waals surface area contributed by atoms with Gasteiger partial charge in [-0.15, -0.1) is 11.3 Å². The van der Waals surface area contributed by atoms with Crippen LogP contribution in [0.2, 0.25) is 0 Å². The van der Waals surface area contributed by atoms with Gasteiger partial charge in [-0.2, -0.15) is 0 Å². The zero-order valence-corrected chi connectivity index (χ0v) is 11.6. The van der Waals surface area contributed by atoms with E-state index in [1.807, 2.05) is 0 Å². The number of anilines is 1. The summed E-state index contributed by atoms with van der Waals surface area (Å²) in [7, 11) is 0. The molecular weight excluding hydrogens is 284 g/mol. The molecule has 1 aromatic rings. The van der Waals surface area contributed by atoms with Gasteiger partial charge in [0.1, 0.15) is 5.69 Å². The van der Waals surface area contributed by atoms with Crippen molar-refractivity contribution in [3.8, 4) is 0 Å². The van der Waals surface area contributed by atoms with E-state index in [2.05, 4.69) is 15.5 Å². The van der Waals surface area contributed by atoms with Crippen molar-refractivity contribution in [2.75, 3.05) is 18.9 Å². The number of hydrogen-bond donors (Lipinski definition) is 2. The third-order valence-electron chi connectivity index (χ3n) is 2.50. The average molecular weight is 298 g/mol. The number of aromatic nitrogens is 1. The van der Waals surface area contributed by atoms with E-state index >= 15 is 0 Å². The monoisotopic (exact) mass is 298 g/mol. The Morgan fingerprint density at radius 1 is 1.70 bits per heavy atom. The summed E-state index contributed by atoms with van der Waals surface area (Å²) < 4.78 is 4.88. The highest BCUT2D eigenvalue weighted by Gasteiger charge is 2.27. The van der Waals surface area contributed by atoms with E-state index < -0.39 is 12.1 Å². The lowest BCUT2D eigenvalue weighted by Crippen LogP contribution is -2.26. The number of nitrogens with two attached hydrogens (primary N) is 1. The highest BCUT2D eigenvalue weighted by atomic mass is 32.1. The molecule has 0 spiro atoms. The van der Waals surface area contributed by atoms with Crippen LogP contribution in [0.5, 0.6) is 0 Å². The Bertz CT molecular complexity index is 542. The molecule has 1 unspecified atom stereocenters. The molecule has 0 aromatic carbocycles. The van der Waals surface area contributed by atoms with E-state index in [0.717, 1.165) is 0 Å². The maximum atomic E-state index is 11.8. The van der Waals surface area contributed by atoms with Crippen molar-refractivity contribution in [2.24, 2.45) is 5.16 Å². The maximum absolute atomic E-state index is 11.8. The third-order valence-corrected chi connectivity index (χ3v) is 3.18. The molecular formula is C11H14N4O4S. The van der Waals surface area contributed by atoms with Gasteiger partial charge in [-0.05, 0) is 6.92 Å². The smallest absolute Gasteiger partial charge is 0.362 e. The molecule has 2 rings (SSSR count). The minimum Gasteiger partial charge on any atom is -0.461 e. The lowest BCUT2D eigenvalue weighted by Gasteiger charge is -2.07. The lowest BCUT2D eigenvalue weighted by atomic mass is 10.3. The van der Waals surface area contributed by atoms with E-state index in [4.69, 9.17) is 15.3 Å². The molecule has 1 fully saturated rings. The standard InChI is InChI=1S/C11H14N4O4S/c1-2-18-10(17)8(6-5-20-11(12)14-6)15-19-7-3-4-13-9(7)16/h5,7H,2-4H2,1H3,(H2,12,14)(H,13,16). The molecule has 20 heavy (non-hydrogen) atoms. The average Bonchev–Trinajstić information content (AvgIpc) is 3.00. The summed E-state index contributed by atoms with van der Waals surface area (Å²) in [5.74, 6) is -0.925. The summed E-state index contributed by atoms with van der Waals surface area (Å²) in [6.07, 6.45) is -0.201. The van der Waals surface area contributed by atoms with Crippen LogP contribution in [0, 0.1) is 0 Å². The number of nitrogens with one attached hydrogen (secondary N) is 1. The van der Waals surface area contributed by atoms with E-state index in [1.165, 1.54) is 11.3 Å². The molecule has 2 heterocycles. The highest BCUT2D eigenvalue weighted by Crippen LogP contribution is 2.14. The van der Waals surface area contributed by atoms with Gasteiger partial charge in [-0.25, -0.2) is 9.78 Å². The number of nitrogens with zero attached hydrogens (tertiary/aromatic N) is 2. The molecule has 1 aliphatic rings. The van der Waals surface area contributed by atoms with E-state index in [9.17, 15) is 9.59 Å². The number of carbonyl (C=O) groups excluding carboxylic acids is 2. The van der Waals surface area contributed by atoms with Gasteiger partial charge in [-0.3, -0.25) is 4.79 Å². The third kappa shape index (κ3) is 3.23. The van der Waals surface area contributed by atoms with Crippen molar-refractivity contribution in [1.29, 1.82) is 0 Å². The van der Waals surface area contributed by atoms with Gasteiger partial charge in [0, 0.05) is 18.3 Å². The number of amides is 1. The number of thiazole rings is 1. The van der Waals surface area contributed by atoms with Crippen molar-refractivity contribution < 1.29 is 19.2 Å². The Morgan fingerprint density at radius 3 is 3.05 bits per heavy atom. The molecule has 1 saturated heterocycles. The minimum atomic E-state index is -0.699. The zero-order chi connectivity index (χ0) is 14.5. The van der Waals surface area contributed by atoms with Gasteiger partial charge in [0.25, 0.3) is 5.91 Å². The number of oxime groups is 1. The van der Waals surface area contributed by atoms with Crippen LogP contribution in [0.25, 0.3) is 0 Å². The van der Waals surface area contributed by atoms with Gasteiger partial charge < -0.3 is 20.6 Å². The molecule has 3 N–H and O–H groups in total. The molecule has 0 bridgehead atoms. The van der Waals surface area contributed by atoms with E-state index in [1.54, 1.807) is 12.3 Å². The fourth-order valence-corrected chi connectivity index (χ4v) is 2.12. The van der Waals surface area contributed by atoms with Crippen molar-refractivity contribution in [2.45, 2.75) is 19.4 Å². The van der Waals surface area contributed by atoms with Crippen LogP contribution >= 0.6 is 11.3 Å². The first-order chi connectivity index (χ1) is 9.61. The molecule has 0 radical (unpaired) electrons. The van der Waals surface area contributed by atoms with Crippen LogP contribution in [-0.2, 0) is 19.2 Å². The summed E-state index contributed by atoms with van der Waals surface area (Å²) in [5, 5.41) is 8.21. The Morgan fingerprint density at radius 2 is 2.50 bits per heavy atom. The number of nitrogen functional groups attached to an aromatic ring is 1.